The van der Waals surface area contributed by atoms with Crippen LogP contribution in [0.2, 0.25) is 0 Å². The van der Waals surface area contributed by atoms with E-state index in [-0.39, 0.29) is 17.3 Å². The quantitative estimate of drug-likeness (QED) is 0.234. The molecule has 1 aromatic heterocycles. The van der Waals surface area contributed by atoms with E-state index in [9.17, 15) is 14.7 Å². The molecule has 5 rings (SSSR count). The van der Waals surface area contributed by atoms with Crippen molar-refractivity contribution in [2.75, 3.05) is 4.90 Å². The molecule has 2 N–H and O–H groups in total. The minimum absolute atomic E-state index is 0.0279. The number of aryl methyl sites for hydroxylation is 1. The van der Waals surface area contributed by atoms with Crippen molar-refractivity contribution in [3.05, 3.63) is 99.5 Å². The molecule has 1 aliphatic rings. The first-order chi connectivity index (χ1) is 15.4. The van der Waals surface area contributed by atoms with Crippen LogP contribution in [0.15, 0.2) is 82.8 Å². The van der Waals surface area contributed by atoms with Gasteiger partial charge in [-0.1, -0.05) is 64.5 Å². The third-order valence-corrected chi connectivity index (χ3v) is 6.06. The van der Waals surface area contributed by atoms with Crippen molar-refractivity contribution in [2.45, 2.75) is 13.0 Å². The SMILES string of the molecule is Cc1ccc2nc(N3C(=O)C(=O)/C(=C(/O)c4ccc(Br)cc4)C3c3ccccc3)[nH]c2c1. The fourth-order valence-corrected chi connectivity index (χ4v) is 4.25. The molecule has 1 saturated heterocycles. The monoisotopic (exact) mass is 487 g/mol. The molecule has 158 valence electrons. The van der Waals surface area contributed by atoms with Crippen LogP contribution >= 0.6 is 15.9 Å². The van der Waals surface area contributed by atoms with Crippen LogP contribution in [0.25, 0.3) is 16.8 Å². The van der Waals surface area contributed by atoms with Crippen molar-refractivity contribution in [1.29, 1.82) is 0 Å². The normalized spacial score (nSPS) is 17.9. The Morgan fingerprint density at radius 3 is 2.47 bits per heavy atom. The highest BCUT2D eigenvalue weighted by molar-refractivity contribution is 9.10. The molecule has 2 heterocycles. The van der Waals surface area contributed by atoms with Gasteiger partial charge in [-0.05, 0) is 42.3 Å². The summed E-state index contributed by atoms with van der Waals surface area (Å²) >= 11 is 3.37. The Morgan fingerprint density at radius 1 is 1.03 bits per heavy atom. The maximum Gasteiger partial charge on any atom is 0.302 e. The summed E-state index contributed by atoms with van der Waals surface area (Å²) in [6, 6.07) is 21.0. The molecule has 0 bridgehead atoms. The van der Waals surface area contributed by atoms with Gasteiger partial charge in [0.1, 0.15) is 5.76 Å². The molecular formula is C25H18BrN3O3. The number of carbonyl (C=O) groups is 2. The van der Waals surface area contributed by atoms with Gasteiger partial charge < -0.3 is 10.1 Å². The molecule has 0 aliphatic carbocycles. The van der Waals surface area contributed by atoms with E-state index in [1.54, 1.807) is 24.3 Å². The zero-order chi connectivity index (χ0) is 22.4. The van der Waals surface area contributed by atoms with Crippen molar-refractivity contribution in [3.8, 4) is 0 Å². The highest BCUT2D eigenvalue weighted by atomic mass is 79.9. The predicted molar refractivity (Wildman–Crippen MR) is 126 cm³/mol. The van der Waals surface area contributed by atoms with E-state index in [0.29, 0.717) is 16.6 Å². The van der Waals surface area contributed by atoms with Gasteiger partial charge in [-0.2, -0.15) is 0 Å². The van der Waals surface area contributed by atoms with Gasteiger partial charge in [-0.25, -0.2) is 4.98 Å². The molecule has 0 radical (unpaired) electrons. The van der Waals surface area contributed by atoms with E-state index in [4.69, 9.17) is 0 Å². The molecule has 1 unspecified atom stereocenters. The van der Waals surface area contributed by atoms with E-state index >= 15 is 0 Å². The number of hydrogen-bond donors (Lipinski definition) is 2. The van der Waals surface area contributed by atoms with Gasteiger partial charge in [0.2, 0.25) is 5.95 Å². The van der Waals surface area contributed by atoms with Crippen molar-refractivity contribution >= 4 is 50.4 Å². The molecule has 1 fully saturated rings. The Morgan fingerprint density at radius 2 is 1.75 bits per heavy atom. The summed E-state index contributed by atoms with van der Waals surface area (Å²) in [4.78, 5) is 35.4. The first-order valence-corrected chi connectivity index (χ1v) is 10.8. The standard InChI is InChI=1S/C25H18BrN3O3/c1-14-7-12-18-19(13-14)28-25(27-18)29-21(15-5-3-2-4-6-15)20(23(31)24(29)32)22(30)16-8-10-17(26)11-9-16/h2-13,21,30H,1H3,(H,27,28)/b22-20+. The number of H-pyrrole nitrogens is 1. The van der Waals surface area contributed by atoms with Gasteiger partial charge in [0.15, 0.2) is 0 Å². The van der Waals surface area contributed by atoms with Crippen LogP contribution in [0, 0.1) is 6.92 Å². The molecule has 1 aliphatic heterocycles. The fraction of sp³-hybridized carbons (Fsp3) is 0.0800. The molecule has 0 spiro atoms. The maximum atomic E-state index is 13.2. The van der Waals surface area contributed by atoms with Crippen LogP contribution in [-0.2, 0) is 9.59 Å². The first kappa shape index (κ1) is 20.2. The number of carbonyl (C=O) groups excluding carboxylic acids is 2. The molecule has 6 nitrogen and oxygen atoms in total. The van der Waals surface area contributed by atoms with Gasteiger partial charge >= 0.3 is 5.91 Å². The molecule has 3 aromatic carbocycles. The minimum Gasteiger partial charge on any atom is -0.507 e. The Bertz CT molecular complexity index is 1390. The first-order valence-electron chi connectivity index (χ1n) is 10.0. The van der Waals surface area contributed by atoms with Gasteiger partial charge in [0.25, 0.3) is 5.78 Å². The second-order valence-corrected chi connectivity index (χ2v) is 8.58. The Kier molecular flexibility index (Phi) is 4.90. The largest absolute Gasteiger partial charge is 0.507 e. The van der Waals surface area contributed by atoms with Gasteiger partial charge in [-0.15, -0.1) is 0 Å². The summed E-state index contributed by atoms with van der Waals surface area (Å²) in [6.07, 6.45) is 0. The second kappa shape index (κ2) is 7.76. The number of anilines is 1. The van der Waals surface area contributed by atoms with Gasteiger partial charge in [0, 0.05) is 10.0 Å². The Balaban J connectivity index is 1.72. The maximum absolute atomic E-state index is 13.2. The number of nitrogens with zero attached hydrogens (tertiary/aromatic N) is 2. The summed E-state index contributed by atoms with van der Waals surface area (Å²) in [5, 5.41) is 11.1. The fourth-order valence-electron chi connectivity index (χ4n) is 3.99. The molecular weight excluding hydrogens is 470 g/mol. The summed E-state index contributed by atoms with van der Waals surface area (Å²) in [6.45, 7) is 1.97. The molecule has 1 atom stereocenters. The smallest absolute Gasteiger partial charge is 0.302 e. The van der Waals surface area contributed by atoms with Crippen LogP contribution in [-0.4, -0.2) is 26.8 Å². The van der Waals surface area contributed by atoms with E-state index in [0.717, 1.165) is 15.6 Å². The highest BCUT2D eigenvalue weighted by Crippen LogP contribution is 2.41. The van der Waals surface area contributed by atoms with Crippen molar-refractivity contribution in [2.24, 2.45) is 0 Å². The summed E-state index contributed by atoms with van der Waals surface area (Å²) in [5.41, 5.74) is 3.67. The summed E-state index contributed by atoms with van der Waals surface area (Å²) < 4.78 is 0.840. The average Bonchev–Trinajstić information content (AvgIpc) is 3.32. The number of fused-ring (bicyclic) bond motifs is 1. The number of ketones is 1. The van der Waals surface area contributed by atoms with Crippen molar-refractivity contribution in [1.82, 2.24) is 9.97 Å². The minimum atomic E-state index is -0.818. The van der Waals surface area contributed by atoms with E-state index in [1.165, 1.54) is 4.90 Å². The van der Waals surface area contributed by atoms with Gasteiger partial charge in [0.05, 0.1) is 22.6 Å². The topological polar surface area (TPSA) is 86.3 Å². The number of Topliss-reactive ketones (excluding diaryl/α,β-unsaturated/α-hetero) is 1. The van der Waals surface area contributed by atoms with Crippen LogP contribution in [0.4, 0.5) is 5.95 Å². The molecule has 7 heteroatoms. The Hall–Kier alpha value is -3.71. The van der Waals surface area contributed by atoms with Gasteiger partial charge in [-0.3, -0.25) is 14.5 Å². The van der Waals surface area contributed by atoms with Crippen LogP contribution in [0.3, 0.4) is 0 Å². The lowest BCUT2D eigenvalue weighted by molar-refractivity contribution is -0.132. The average molecular weight is 488 g/mol. The van der Waals surface area contributed by atoms with Crippen LogP contribution in [0.1, 0.15) is 22.7 Å². The lowest BCUT2D eigenvalue weighted by Gasteiger charge is -2.23. The number of aliphatic hydroxyl groups is 1. The van der Waals surface area contributed by atoms with E-state index in [1.807, 2.05) is 55.5 Å². The number of nitrogens with one attached hydrogen (secondary N) is 1. The number of aliphatic hydroxyl groups excluding tert-OH is 1. The van der Waals surface area contributed by atoms with Crippen molar-refractivity contribution in [3.63, 3.8) is 0 Å². The molecule has 4 aromatic rings. The number of aromatic nitrogens is 2. The summed E-state index contributed by atoms with van der Waals surface area (Å²) in [5.74, 6) is -1.46. The third kappa shape index (κ3) is 3.31. The number of amides is 1. The number of aromatic amines is 1. The Labute approximate surface area is 192 Å². The summed E-state index contributed by atoms with van der Waals surface area (Å²) in [7, 11) is 0. The number of rotatable bonds is 3. The second-order valence-electron chi connectivity index (χ2n) is 7.67. The molecule has 0 saturated carbocycles. The number of imidazole rings is 1. The van der Waals surface area contributed by atoms with E-state index < -0.39 is 17.7 Å². The lowest BCUT2D eigenvalue weighted by atomic mass is 9.95. The number of halogens is 1. The predicted octanol–water partition coefficient (Wildman–Crippen LogP) is 5.26. The zero-order valence-electron chi connectivity index (χ0n) is 17.0. The number of benzene rings is 3. The van der Waals surface area contributed by atoms with Crippen molar-refractivity contribution < 1.29 is 14.7 Å². The molecule has 1 amide bonds. The van der Waals surface area contributed by atoms with Crippen LogP contribution in [0.5, 0.6) is 0 Å². The molecule has 32 heavy (non-hydrogen) atoms. The highest BCUT2D eigenvalue weighted by Gasteiger charge is 2.48. The lowest BCUT2D eigenvalue weighted by Crippen LogP contribution is -2.30. The zero-order valence-corrected chi connectivity index (χ0v) is 18.6. The third-order valence-electron chi connectivity index (χ3n) is 5.53. The van der Waals surface area contributed by atoms with E-state index in [2.05, 4.69) is 25.9 Å². The number of hydrogen-bond acceptors (Lipinski definition) is 4. The van der Waals surface area contributed by atoms with Crippen LogP contribution < -0.4 is 4.90 Å².